The van der Waals surface area contributed by atoms with Gasteiger partial charge < -0.3 is 4.42 Å². The highest BCUT2D eigenvalue weighted by molar-refractivity contribution is 9.10. The summed E-state index contributed by atoms with van der Waals surface area (Å²) in [5.41, 5.74) is 4.93. The van der Waals surface area contributed by atoms with E-state index in [4.69, 9.17) is 16.0 Å². The number of rotatable bonds is 1. The van der Waals surface area contributed by atoms with E-state index >= 15 is 0 Å². The third-order valence-corrected chi connectivity index (χ3v) is 4.42. The number of aryl methyl sites for hydroxylation is 1. The molecule has 0 saturated carbocycles. The van der Waals surface area contributed by atoms with Crippen LogP contribution in [-0.2, 0) is 0 Å². The predicted octanol–water partition coefficient (Wildman–Crippen LogP) is 5.53. The monoisotopic (exact) mass is 335 g/mol. The number of halogens is 2. The highest BCUT2D eigenvalue weighted by atomic mass is 79.9. The molecule has 96 valence electrons. The van der Waals surface area contributed by atoms with Crippen LogP contribution in [0.1, 0.15) is 11.1 Å². The zero-order valence-corrected chi connectivity index (χ0v) is 12.8. The molecular weight excluding hydrogens is 326 g/mol. The summed E-state index contributed by atoms with van der Waals surface area (Å²) >= 11 is 9.46. The Labute approximate surface area is 124 Å². The maximum atomic E-state index is 5.89. The summed E-state index contributed by atoms with van der Waals surface area (Å²) in [7, 11) is 0. The lowest BCUT2D eigenvalue weighted by atomic mass is 10.1. The van der Waals surface area contributed by atoms with E-state index in [9.17, 15) is 0 Å². The van der Waals surface area contributed by atoms with E-state index in [1.54, 1.807) is 0 Å². The van der Waals surface area contributed by atoms with E-state index in [-0.39, 0.29) is 0 Å². The van der Waals surface area contributed by atoms with Gasteiger partial charge in [0.25, 0.3) is 0 Å². The van der Waals surface area contributed by atoms with Gasteiger partial charge in [-0.1, -0.05) is 11.6 Å². The van der Waals surface area contributed by atoms with E-state index in [1.165, 1.54) is 11.1 Å². The minimum atomic E-state index is 0.609. The largest absolute Gasteiger partial charge is 0.435 e. The van der Waals surface area contributed by atoms with Gasteiger partial charge in [-0.2, -0.15) is 0 Å². The smallest absolute Gasteiger partial charge is 0.227 e. The Morgan fingerprint density at radius 2 is 1.84 bits per heavy atom. The van der Waals surface area contributed by atoms with Crippen molar-refractivity contribution in [3.63, 3.8) is 0 Å². The number of hydrogen-bond donors (Lipinski definition) is 0. The van der Waals surface area contributed by atoms with Crippen LogP contribution < -0.4 is 0 Å². The number of benzene rings is 2. The molecule has 0 atom stereocenters. The summed E-state index contributed by atoms with van der Waals surface area (Å²) in [6.45, 7) is 4.12. The van der Waals surface area contributed by atoms with Crippen molar-refractivity contribution >= 4 is 38.6 Å². The quantitative estimate of drug-likeness (QED) is 0.584. The summed E-state index contributed by atoms with van der Waals surface area (Å²) in [5.74, 6) is 0.609. The Bertz CT molecular complexity index is 762. The summed E-state index contributed by atoms with van der Waals surface area (Å²) < 4.78 is 6.83. The van der Waals surface area contributed by atoms with Crippen LogP contribution in [0, 0.1) is 13.8 Å². The molecule has 0 spiro atoms. The normalized spacial score (nSPS) is 11.2. The van der Waals surface area contributed by atoms with E-state index in [2.05, 4.69) is 34.8 Å². The van der Waals surface area contributed by atoms with Crippen molar-refractivity contribution in [2.75, 3.05) is 0 Å². The molecule has 0 aliphatic heterocycles. The van der Waals surface area contributed by atoms with Gasteiger partial charge in [0.1, 0.15) is 5.52 Å². The lowest BCUT2D eigenvalue weighted by Gasteiger charge is -2.01. The van der Waals surface area contributed by atoms with Crippen LogP contribution in [-0.4, -0.2) is 4.98 Å². The third kappa shape index (κ3) is 2.17. The molecule has 0 aliphatic rings. The van der Waals surface area contributed by atoms with Crippen LogP contribution in [0.5, 0.6) is 0 Å². The van der Waals surface area contributed by atoms with Gasteiger partial charge in [-0.15, -0.1) is 0 Å². The van der Waals surface area contributed by atoms with Gasteiger partial charge in [0.15, 0.2) is 5.58 Å². The molecule has 0 amide bonds. The van der Waals surface area contributed by atoms with Gasteiger partial charge in [0, 0.05) is 10.6 Å². The van der Waals surface area contributed by atoms with Crippen LogP contribution >= 0.6 is 27.5 Å². The fraction of sp³-hybridized carbons (Fsp3) is 0.133. The average Bonchev–Trinajstić information content (AvgIpc) is 2.81. The zero-order chi connectivity index (χ0) is 13.6. The molecule has 19 heavy (non-hydrogen) atoms. The Balaban J connectivity index is 2.22. The van der Waals surface area contributed by atoms with Gasteiger partial charge in [0.05, 0.1) is 4.47 Å². The zero-order valence-electron chi connectivity index (χ0n) is 10.5. The fourth-order valence-corrected chi connectivity index (χ4v) is 2.68. The SMILES string of the molecule is Cc1cc2nc(-c3ccc(Cl)cc3)oc2c(Br)c1C. The highest BCUT2D eigenvalue weighted by Crippen LogP contribution is 2.33. The van der Waals surface area contributed by atoms with E-state index in [1.807, 2.05) is 30.3 Å². The molecule has 0 bridgehead atoms. The van der Waals surface area contributed by atoms with Gasteiger partial charge in [0.2, 0.25) is 5.89 Å². The Morgan fingerprint density at radius 3 is 2.53 bits per heavy atom. The first-order valence-corrected chi connectivity index (χ1v) is 7.05. The second kappa shape index (κ2) is 4.66. The lowest BCUT2D eigenvalue weighted by Crippen LogP contribution is -1.83. The van der Waals surface area contributed by atoms with Crippen molar-refractivity contribution in [3.05, 3.63) is 51.0 Å². The fourth-order valence-electron chi connectivity index (χ4n) is 1.96. The first-order chi connectivity index (χ1) is 9.06. The molecule has 0 aliphatic carbocycles. The summed E-state index contributed by atoms with van der Waals surface area (Å²) in [6, 6.07) is 9.51. The van der Waals surface area contributed by atoms with Crippen molar-refractivity contribution in [2.24, 2.45) is 0 Å². The number of nitrogens with zero attached hydrogens (tertiary/aromatic N) is 1. The molecular formula is C15H11BrClNO. The standard InChI is InChI=1S/C15H11BrClNO/c1-8-7-12-14(13(16)9(8)2)19-15(18-12)10-3-5-11(17)6-4-10/h3-7H,1-2H3. The van der Waals surface area contributed by atoms with E-state index in [0.29, 0.717) is 10.9 Å². The summed E-state index contributed by atoms with van der Waals surface area (Å²) in [5, 5.41) is 0.702. The van der Waals surface area contributed by atoms with Gasteiger partial charge >= 0.3 is 0 Å². The molecule has 2 aromatic carbocycles. The lowest BCUT2D eigenvalue weighted by molar-refractivity contribution is 0.617. The Kier molecular flexibility index (Phi) is 3.11. The van der Waals surface area contributed by atoms with Gasteiger partial charge in [-0.05, 0) is 71.2 Å². The Hall–Kier alpha value is -1.32. The molecule has 3 rings (SSSR count). The first-order valence-electron chi connectivity index (χ1n) is 5.88. The maximum absolute atomic E-state index is 5.89. The number of oxazole rings is 1. The van der Waals surface area contributed by atoms with Crippen molar-refractivity contribution in [1.82, 2.24) is 4.98 Å². The molecule has 2 nitrogen and oxygen atoms in total. The van der Waals surface area contributed by atoms with E-state index in [0.717, 1.165) is 21.1 Å². The van der Waals surface area contributed by atoms with Crippen molar-refractivity contribution in [3.8, 4) is 11.5 Å². The molecule has 3 aromatic rings. The van der Waals surface area contributed by atoms with Crippen LogP contribution in [0.3, 0.4) is 0 Å². The number of hydrogen-bond acceptors (Lipinski definition) is 2. The molecule has 0 N–H and O–H groups in total. The molecule has 1 aromatic heterocycles. The van der Waals surface area contributed by atoms with Crippen molar-refractivity contribution in [2.45, 2.75) is 13.8 Å². The summed E-state index contributed by atoms with van der Waals surface area (Å²) in [4.78, 5) is 4.54. The second-order valence-corrected chi connectivity index (χ2v) is 5.74. The van der Waals surface area contributed by atoms with Gasteiger partial charge in [-0.3, -0.25) is 0 Å². The minimum absolute atomic E-state index is 0.609. The molecule has 0 saturated heterocycles. The molecule has 0 unspecified atom stereocenters. The molecule has 1 heterocycles. The van der Waals surface area contributed by atoms with Crippen LogP contribution in [0.15, 0.2) is 39.2 Å². The Morgan fingerprint density at radius 1 is 1.16 bits per heavy atom. The van der Waals surface area contributed by atoms with E-state index < -0.39 is 0 Å². The number of fused-ring (bicyclic) bond motifs is 1. The minimum Gasteiger partial charge on any atom is -0.435 e. The topological polar surface area (TPSA) is 26.0 Å². The molecule has 4 heteroatoms. The molecule has 0 radical (unpaired) electrons. The van der Waals surface area contributed by atoms with Crippen molar-refractivity contribution < 1.29 is 4.42 Å². The maximum Gasteiger partial charge on any atom is 0.227 e. The van der Waals surface area contributed by atoms with Crippen LogP contribution in [0.4, 0.5) is 0 Å². The highest BCUT2D eigenvalue weighted by Gasteiger charge is 2.13. The van der Waals surface area contributed by atoms with Crippen molar-refractivity contribution in [1.29, 1.82) is 0 Å². The van der Waals surface area contributed by atoms with Crippen LogP contribution in [0.25, 0.3) is 22.6 Å². The first kappa shape index (κ1) is 12.7. The molecule has 0 fully saturated rings. The second-order valence-electron chi connectivity index (χ2n) is 4.51. The summed E-state index contributed by atoms with van der Waals surface area (Å²) in [6.07, 6.45) is 0. The van der Waals surface area contributed by atoms with Crippen LogP contribution in [0.2, 0.25) is 5.02 Å². The third-order valence-electron chi connectivity index (χ3n) is 3.22. The number of aromatic nitrogens is 1. The average molecular weight is 337 g/mol. The van der Waals surface area contributed by atoms with Gasteiger partial charge in [-0.25, -0.2) is 4.98 Å². The predicted molar refractivity (Wildman–Crippen MR) is 81.6 cm³/mol.